The zero-order valence-electron chi connectivity index (χ0n) is 11.0. The minimum atomic E-state index is 0.479. The SMILES string of the molecule is CC(C)C1CCN(CC2CCCCC2N)C1. The molecule has 1 saturated carbocycles. The largest absolute Gasteiger partial charge is 0.327 e. The normalized spacial score (nSPS) is 37.1. The second kappa shape index (κ2) is 5.50. The summed E-state index contributed by atoms with van der Waals surface area (Å²) in [4.78, 5) is 2.67. The van der Waals surface area contributed by atoms with E-state index in [0.717, 1.165) is 17.8 Å². The Balaban J connectivity index is 1.77. The fraction of sp³-hybridized carbons (Fsp3) is 1.00. The van der Waals surface area contributed by atoms with Gasteiger partial charge in [-0.25, -0.2) is 0 Å². The molecule has 0 radical (unpaired) electrons. The molecule has 0 aromatic rings. The Labute approximate surface area is 101 Å². The van der Waals surface area contributed by atoms with E-state index in [1.54, 1.807) is 0 Å². The number of likely N-dealkylation sites (tertiary alicyclic amines) is 1. The summed E-state index contributed by atoms with van der Waals surface area (Å²) in [6, 6.07) is 0.479. The van der Waals surface area contributed by atoms with E-state index in [1.807, 2.05) is 0 Å². The van der Waals surface area contributed by atoms with Gasteiger partial charge in [-0.1, -0.05) is 26.7 Å². The monoisotopic (exact) mass is 224 g/mol. The van der Waals surface area contributed by atoms with Gasteiger partial charge in [-0.05, 0) is 43.6 Å². The fourth-order valence-corrected chi connectivity index (χ4v) is 3.37. The topological polar surface area (TPSA) is 29.3 Å². The summed E-state index contributed by atoms with van der Waals surface area (Å²) in [5.74, 6) is 2.56. The second-order valence-electron chi connectivity index (χ2n) is 6.26. The molecule has 2 heteroatoms. The lowest BCUT2D eigenvalue weighted by atomic mass is 9.85. The maximum Gasteiger partial charge on any atom is 0.00793 e. The predicted octanol–water partition coefficient (Wildman–Crippen LogP) is 2.48. The average Bonchev–Trinajstić information content (AvgIpc) is 2.70. The highest BCUT2D eigenvalue weighted by Crippen LogP contribution is 2.28. The summed E-state index contributed by atoms with van der Waals surface area (Å²) >= 11 is 0. The molecule has 1 aliphatic carbocycles. The Kier molecular flexibility index (Phi) is 4.26. The Bertz CT molecular complexity index is 215. The van der Waals surface area contributed by atoms with Gasteiger partial charge in [0.2, 0.25) is 0 Å². The molecular formula is C14H28N2. The standard InChI is InChI=1S/C14H28N2/c1-11(2)12-7-8-16(9-12)10-13-5-3-4-6-14(13)15/h11-14H,3-10,15H2,1-2H3. The van der Waals surface area contributed by atoms with Crippen molar-refractivity contribution in [3.8, 4) is 0 Å². The fourth-order valence-electron chi connectivity index (χ4n) is 3.37. The van der Waals surface area contributed by atoms with Crippen LogP contribution in [0.5, 0.6) is 0 Å². The van der Waals surface area contributed by atoms with Gasteiger partial charge < -0.3 is 10.6 Å². The average molecular weight is 224 g/mol. The molecule has 1 saturated heterocycles. The van der Waals surface area contributed by atoms with Crippen LogP contribution >= 0.6 is 0 Å². The maximum absolute atomic E-state index is 6.22. The smallest absolute Gasteiger partial charge is 0.00793 e. The van der Waals surface area contributed by atoms with Crippen molar-refractivity contribution in [1.82, 2.24) is 4.90 Å². The molecule has 0 amide bonds. The van der Waals surface area contributed by atoms with E-state index < -0.39 is 0 Å². The summed E-state index contributed by atoms with van der Waals surface area (Å²) in [6.45, 7) is 8.62. The molecule has 2 rings (SSSR count). The third kappa shape index (κ3) is 2.98. The lowest BCUT2D eigenvalue weighted by molar-refractivity contribution is 0.202. The van der Waals surface area contributed by atoms with Crippen molar-refractivity contribution in [2.24, 2.45) is 23.5 Å². The molecule has 1 heterocycles. The van der Waals surface area contributed by atoms with Crippen molar-refractivity contribution in [2.45, 2.75) is 52.0 Å². The predicted molar refractivity (Wildman–Crippen MR) is 69.3 cm³/mol. The summed E-state index contributed by atoms with van der Waals surface area (Å²) in [7, 11) is 0. The molecule has 1 aliphatic heterocycles. The molecule has 3 atom stereocenters. The van der Waals surface area contributed by atoms with Crippen molar-refractivity contribution in [2.75, 3.05) is 19.6 Å². The minimum Gasteiger partial charge on any atom is -0.327 e. The van der Waals surface area contributed by atoms with Crippen molar-refractivity contribution < 1.29 is 0 Å². The van der Waals surface area contributed by atoms with Crippen LogP contribution in [-0.2, 0) is 0 Å². The van der Waals surface area contributed by atoms with Crippen LogP contribution in [0.25, 0.3) is 0 Å². The van der Waals surface area contributed by atoms with E-state index in [1.165, 1.54) is 51.7 Å². The van der Waals surface area contributed by atoms with Gasteiger partial charge in [0.25, 0.3) is 0 Å². The highest BCUT2D eigenvalue weighted by molar-refractivity contribution is 4.84. The molecule has 94 valence electrons. The van der Waals surface area contributed by atoms with Crippen LogP contribution in [0.15, 0.2) is 0 Å². The lowest BCUT2D eigenvalue weighted by Crippen LogP contribution is -2.40. The van der Waals surface area contributed by atoms with Gasteiger partial charge in [-0.2, -0.15) is 0 Å². The number of hydrogen-bond acceptors (Lipinski definition) is 2. The van der Waals surface area contributed by atoms with E-state index >= 15 is 0 Å². The molecule has 2 aliphatic rings. The Morgan fingerprint density at radius 2 is 1.94 bits per heavy atom. The van der Waals surface area contributed by atoms with Crippen LogP contribution < -0.4 is 5.73 Å². The molecule has 0 aromatic carbocycles. The Morgan fingerprint density at radius 1 is 1.19 bits per heavy atom. The van der Waals surface area contributed by atoms with E-state index in [-0.39, 0.29) is 0 Å². The summed E-state index contributed by atoms with van der Waals surface area (Å²) in [5, 5.41) is 0. The molecule has 2 fully saturated rings. The summed E-state index contributed by atoms with van der Waals surface area (Å²) in [6.07, 6.45) is 6.78. The van der Waals surface area contributed by atoms with Crippen LogP contribution in [0.1, 0.15) is 46.0 Å². The van der Waals surface area contributed by atoms with Crippen molar-refractivity contribution in [3.05, 3.63) is 0 Å². The number of nitrogens with zero attached hydrogens (tertiary/aromatic N) is 1. The third-order valence-electron chi connectivity index (χ3n) is 4.71. The molecule has 2 nitrogen and oxygen atoms in total. The Hall–Kier alpha value is -0.0800. The first-order chi connectivity index (χ1) is 7.66. The molecule has 2 N–H and O–H groups in total. The number of rotatable bonds is 3. The first-order valence-electron chi connectivity index (χ1n) is 7.14. The molecule has 3 unspecified atom stereocenters. The van der Waals surface area contributed by atoms with Gasteiger partial charge in [0.05, 0.1) is 0 Å². The van der Waals surface area contributed by atoms with Gasteiger partial charge in [0.1, 0.15) is 0 Å². The number of hydrogen-bond donors (Lipinski definition) is 1. The van der Waals surface area contributed by atoms with Crippen LogP contribution in [0.2, 0.25) is 0 Å². The van der Waals surface area contributed by atoms with Gasteiger partial charge >= 0.3 is 0 Å². The molecule has 16 heavy (non-hydrogen) atoms. The van der Waals surface area contributed by atoms with Crippen LogP contribution in [-0.4, -0.2) is 30.6 Å². The minimum absolute atomic E-state index is 0.479. The van der Waals surface area contributed by atoms with Gasteiger partial charge in [0, 0.05) is 19.1 Å². The third-order valence-corrected chi connectivity index (χ3v) is 4.71. The van der Waals surface area contributed by atoms with Crippen LogP contribution in [0.3, 0.4) is 0 Å². The molecule has 0 spiro atoms. The Morgan fingerprint density at radius 3 is 2.56 bits per heavy atom. The zero-order chi connectivity index (χ0) is 11.5. The van der Waals surface area contributed by atoms with E-state index in [2.05, 4.69) is 18.7 Å². The summed E-state index contributed by atoms with van der Waals surface area (Å²) in [5.41, 5.74) is 6.22. The molecule has 0 bridgehead atoms. The maximum atomic E-state index is 6.22. The highest BCUT2D eigenvalue weighted by Gasteiger charge is 2.29. The number of nitrogens with two attached hydrogens (primary N) is 1. The van der Waals surface area contributed by atoms with E-state index in [0.29, 0.717) is 6.04 Å². The van der Waals surface area contributed by atoms with Crippen molar-refractivity contribution in [1.29, 1.82) is 0 Å². The second-order valence-corrected chi connectivity index (χ2v) is 6.26. The van der Waals surface area contributed by atoms with E-state index in [9.17, 15) is 0 Å². The molecular weight excluding hydrogens is 196 g/mol. The van der Waals surface area contributed by atoms with E-state index in [4.69, 9.17) is 5.73 Å². The first-order valence-corrected chi connectivity index (χ1v) is 7.14. The van der Waals surface area contributed by atoms with Gasteiger partial charge in [-0.15, -0.1) is 0 Å². The summed E-state index contributed by atoms with van der Waals surface area (Å²) < 4.78 is 0. The van der Waals surface area contributed by atoms with Crippen LogP contribution in [0, 0.1) is 17.8 Å². The van der Waals surface area contributed by atoms with Crippen LogP contribution in [0.4, 0.5) is 0 Å². The van der Waals surface area contributed by atoms with Gasteiger partial charge in [0.15, 0.2) is 0 Å². The molecule has 0 aromatic heterocycles. The first kappa shape index (κ1) is 12.4. The highest BCUT2D eigenvalue weighted by atomic mass is 15.1. The lowest BCUT2D eigenvalue weighted by Gasteiger charge is -2.32. The van der Waals surface area contributed by atoms with Gasteiger partial charge in [-0.3, -0.25) is 0 Å². The zero-order valence-corrected chi connectivity index (χ0v) is 11.0. The quantitative estimate of drug-likeness (QED) is 0.798. The van der Waals surface area contributed by atoms with Crippen molar-refractivity contribution in [3.63, 3.8) is 0 Å². The van der Waals surface area contributed by atoms with Crippen molar-refractivity contribution >= 4 is 0 Å².